The second-order valence-electron chi connectivity index (χ2n) is 9.43. The molecule has 138 valence electrons. The van der Waals surface area contributed by atoms with Crippen molar-refractivity contribution < 1.29 is 0 Å². The van der Waals surface area contributed by atoms with Gasteiger partial charge in [0.2, 0.25) is 0 Å². The zero-order valence-electron chi connectivity index (χ0n) is 17.8. The molecule has 0 spiro atoms. The van der Waals surface area contributed by atoms with Crippen molar-refractivity contribution in [2.45, 2.75) is 66.2 Å². The molecule has 26 heavy (non-hydrogen) atoms. The van der Waals surface area contributed by atoms with E-state index >= 15 is 0 Å². The molecule has 0 bridgehead atoms. The first-order valence-electron chi connectivity index (χ1n) is 9.55. The van der Waals surface area contributed by atoms with Crippen molar-refractivity contribution in [2.75, 3.05) is 0 Å². The van der Waals surface area contributed by atoms with E-state index in [0.717, 1.165) is 0 Å². The maximum absolute atomic E-state index is 2.30. The lowest BCUT2D eigenvalue weighted by atomic mass is 9.86. The molecule has 0 aliphatic carbocycles. The summed E-state index contributed by atoms with van der Waals surface area (Å²) in [5, 5.41) is 2.68. The SMILES string of the molecule is Cc1ccc(C(C)(C)C)cc1.Cc1ccc2cc(C(C)(C)C)ccc2c1. The van der Waals surface area contributed by atoms with Crippen LogP contribution in [0, 0.1) is 13.8 Å². The van der Waals surface area contributed by atoms with Gasteiger partial charge in [-0.2, -0.15) is 0 Å². The number of hydrogen-bond donors (Lipinski definition) is 0. The van der Waals surface area contributed by atoms with Crippen LogP contribution in [0.2, 0.25) is 0 Å². The fraction of sp³-hybridized carbons (Fsp3) is 0.385. The van der Waals surface area contributed by atoms with Crippen molar-refractivity contribution in [1.82, 2.24) is 0 Å². The predicted octanol–water partition coefficient (Wildman–Crippen LogP) is 7.74. The van der Waals surface area contributed by atoms with Crippen molar-refractivity contribution in [3.63, 3.8) is 0 Å². The van der Waals surface area contributed by atoms with Crippen LogP contribution in [0.15, 0.2) is 60.7 Å². The minimum absolute atomic E-state index is 0.235. The molecule has 0 aliphatic rings. The lowest BCUT2D eigenvalue weighted by Crippen LogP contribution is -2.10. The highest BCUT2D eigenvalue weighted by atomic mass is 14.2. The Morgan fingerprint density at radius 3 is 1.42 bits per heavy atom. The van der Waals surface area contributed by atoms with E-state index in [2.05, 4.69) is 116 Å². The van der Waals surface area contributed by atoms with Gasteiger partial charge < -0.3 is 0 Å². The van der Waals surface area contributed by atoms with Crippen molar-refractivity contribution in [3.05, 3.63) is 82.9 Å². The van der Waals surface area contributed by atoms with E-state index in [1.165, 1.54) is 33.0 Å². The Hall–Kier alpha value is -2.08. The van der Waals surface area contributed by atoms with Gasteiger partial charge in [0.05, 0.1) is 0 Å². The smallest absolute Gasteiger partial charge is 0.0132 e. The Balaban J connectivity index is 0.000000197. The fourth-order valence-corrected chi connectivity index (χ4v) is 2.89. The van der Waals surface area contributed by atoms with Crippen LogP contribution in [0.5, 0.6) is 0 Å². The van der Waals surface area contributed by atoms with Crippen LogP contribution in [0.1, 0.15) is 63.8 Å². The van der Waals surface area contributed by atoms with Gasteiger partial charge in [-0.05, 0) is 46.6 Å². The summed E-state index contributed by atoms with van der Waals surface area (Å²) in [5.41, 5.74) is 5.98. The molecule has 3 aromatic rings. The number of benzene rings is 3. The largest absolute Gasteiger partial charge is 0.0590 e. The topological polar surface area (TPSA) is 0 Å². The molecule has 0 unspecified atom stereocenters. The van der Waals surface area contributed by atoms with Crippen LogP contribution in [0.25, 0.3) is 10.8 Å². The van der Waals surface area contributed by atoms with Crippen molar-refractivity contribution in [3.8, 4) is 0 Å². The zero-order valence-corrected chi connectivity index (χ0v) is 17.8. The summed E-state index contributed by atoms with van der Waals surface area (Å²) in [6.07, 6.45) is 0. The summed E-state index contributed by atoms with van der Waals surface area (Å²) in [5.74, 6) is 0. The van der Waals surface area contributed by atoms with Crippen LogP contribution in [-0.2, 0) is 10.8 Å². The van der Waals surface area contributed by atoms with Crippen LogP contribution in [0.4, 0.5) is 0 Å². The average Bonchev–Trinajstić information content (AvgIpc) is 2.53. The van der Waals surface area contributed by atoms with Gasteiger partial charge in [0, 0.05) is 0 Å². The Morgan fingerprint density at radius 2 is 0.885 bits per heavy atom. The normalized spacial score (nSPS) is 11.8. The van der Waals surface area contributed by atoms with Crippen LogP contribution >= 0.6 is 0 Å². The lowest BCUT2D eigenvalue weighted by Gasteiger charge is -2.19. The molecule has 3 aromatic carbocycles. The third-order valence-corrected chi connectivity index (χ3v) is 4.78. The molecule has 0 radical (unpaired) electrons. The van der Waals surface area contributed by atoms with Crippen LogP contribution in [0.3, 0.4) is 0 Å². The second-order valence-corrected chi connectivity index (χ2v) is 9.43. The molecular formula is C26H34. The quantitative estimate of drug-likeness (QED) is 0.390. The van der Waals surface area contributed by atoms with Gasteiger partial charge in [-0.15, -0.1) is 0 Å². The van der Waals surface area contributed by atoms with Crippen LogP contribution in [-0.4, -0.2) is 0 Å². The van der Waals surface area contributed by atoms with Gasteiger partial charge in [-0.1, -0.05) is 113 Å². The molecule has 0 aliphatic heterocycles. The minimum atomic E-state index is 0.235. The van der Waals surface area contributed by atoms with E-state index in [4.69, 9.17) is 0 Å². The minimum Gasteiger partial charge on any atom is -0.0590 e. The van der Waals surface area contributed by atoms with E-state index in [1.54, 1.807) is 0 Å². The number of fused-ring (bicyclic) bond motifs is 1. The van der Waals surface area contributed by atoms with E-state index in [-0.39, 0.29) is 10.8 Å². The predicted molar refractivity (Wildman–Crippen MR) is 117 cm³/mol. The molecule has 0 saturated heterocycles. The number of aryl methyl sites for hydroxylation is 2. The molecule has 0 saturated carbocycles. The molecule has 0 fully saturated rings. The van der Waals surface area contributed by atoms with Gasteiger partial charge >= 0.3 is 0 Å². The van der Waals surface area contributed by atoms with Crippen molar-refractivity contribution in [2.24, 2.45) is 0 Å². The first kappa shape index (κ1) is 20.2. The second kappa shape index (κ2) is 7.66. The van der Waals surface area contributed by atoms with Crippen LogP contribution < -0.4 is 0 Å². The number of hydrogen-bond acceptors (Lipinski definition) is 0. The first-order chi connectivity index (χ1) is 12.0. The van der Waals surface area contributed by atoms with E-state index in [0.29, 0.717) is 0 Å². The number of rotatable bonds is 0. The Bertz CT molecular complexity index is 853. The summed E-state index contributed by atoms with van der Waals surface area (Å²) < 4.78 is 0. The standard InChI is InChI=1S/C15H18.C11H16/c1-11-5-6-13-10-14(15(2,3)4)8-7-12(13)9-11;1-9-5-7-10(8-6-9)11(2,3)4/h5-10H,1-4H3;5-8H,1-4H3. The Kier molecular flexibility index (Phi) is 5.96. The monoisotopic (exact) mass is 346 g/mol. The summed E-state index contributed by atoms with van der Waals surface area (Å²) >= 11 is 0. The van der Waals surface area contributed by atoms with E-state index in [9.17, 15) is 0 Å². The molecule has 3 rings (SSSR count). The zero-order chi connectivity index (χ0) is 19.5. The third-order valence-electron chi connectivity index (χ3n) is 4.78. The maximum Gasteiger partial charge on any atom is -0.0132 e. The van der Waals surface area contributed by atoms with Gasteiger partial charge in [0.1, 0.15) is 0 Å². The third kappa shape index (κ3) is 5.46. The van der Waals surface area contributed by atoms with Gasteiger partial charge in [0.15, 0.2) is 0 Å². The Labute approximate surface area is 160 Å². The van der Waals surface area contributed by atoms with E-state index < -0.39 is 0 Å². The molecule has 0 amide bonds. The summed E-state index contributed by atoms with van der Waals surface area (Å²) in [7, 11) is 0. The highest BCUT2D eigenvalue weighted by molar-refractivity contribution is 5.84. The molecule has 0 heterocycles. The van der Waals surface area contributed by atoms with E-state index in [1.807, 2.05) is 0 Å². The molecular weight excluding hydrogens is 312 g/mol. The molecule has 0 N–H and O–H groups in total. The molecule has 0 atom stereocenters. The molecule has 0 nitrogen and oxygen atoms in total. The van der Waals surface area contributed by atoms with Crippen molar-refractivity contribution >= 4 is 10.8 Å². The Morgan fingerprint density at radius 1 is 0.462 bits per heavy atom. The summed E-state index contributed by atoms with van der Waals surface area (Å²) in [4.78, 5) is 0. The summed E-state index contributed by atoms with van der Waals surface area (Å²) in [6, 6.07) is 22.1. The highest BCUT2D eigenvalue weighted by Crippen LogP contribution is 2.26. The van der Waals surface area contributed by atoms with Gasteiger partial charge in [-0.25, -0.2) is 0 Å². The lowest BCUT2D eigenvalue weighted by molar-refractivity contribution is 0.590. The average molecular weight is 347 g/mol. The van der Waals surface area contributed by atoms with Crippen molar-refractivity contribution in [1.29, 1.82) is 0 Å². The first-order valence-corrected chi connectivity index (χ1v) is 9.55. The maximum atomic E-state index is 2.30. The molecule has 0 aromatic heterocycles. The highest BCUT2D eigenvalue weighted by Gasteiger charge is 2.13. The summed E-state index contributed by atoms with van der Waals surface area (Å²) in [6.45, 7) is 17.7. The van der Waals surface area contributed by atoms with Gasteiger partial charge in [-0.3, -0.25) is 0 Å². The van der Waals surface area contributed by atoms with Gasteiger partial charge in [0.25, 0.3) is 0 Å². The fourth-order valence-electron chi connectivity index (χ4n) is 2.89. The molecule has 0 heteroatoms.